The van der Waals surface area contributed by atoms with E-state index in [0.717, 1.165) is 18.8 Å². The molecule has 1 aliphatic rings. The Labute approximate surface area is 126 Å². The second-order valence-corrected chi connectivity index (χ2v) is 5.05. The Bertz CT molecular complexity index is 515. The van der Waals surface area contributed by atoms with E-state index in [2.05, 4.69) is 20.2 Å². The van der Waals surface area contributed by atoms with Crippen molar-refractivity contribution in [1.82, 2.24) is 20.2 Å². The molecule has 9 heteroatoms. The van der Waals surface area contributed by atoms with Gasteiger partial charge in [0.15, 0.2) is 0 Å². The van der Waals surface area contributed by atoms with Gasteiger partial charge in [0.1, 0.15) is 5.69 Å². The van der Waals surface area contributed by atoms with Crippen molar-refractivity contribution in [3.8, 4) is 0 Å². The number of amides is 1. The van der Waals surface area contributed by atoms with Gasteiger partial charge in [-0.05, 0) is 6.07 Å². The predicted molar refractivity (Wildman–Crippen MR) is 74.4 cm³/mol. The highest BCUT2D eigenvalue weighted by atomic mass is 19.4. The van der Waals surface area contributed by atoms with Crippen molar-refractivity contribution in [3.05, 3.63) is 18.0 Å². The first-order valence-electron chi connectivity index (χ1n) is 6.98. The summed E-state index contributed by atoms with van der Waals surface area (Å²) in [5.41, 5.74) is -0.925. The molecule has 1 aliphatic heterocycles. The fourth-order valence-corrected chi connectivity index (χ4v) is 2.22. The maximum atomic E-state index is 12.7. The average Bonchev–Trinajstić information content (AvgIpc) is 2.47. The van der Waals surface area contributed by atoms with E-state index in [1.54, 1.807) is 4.90 Å². The van der Waals surface area contributed by atoms with Gasteiger partial charge in [0.05, 0.1) is 0 Å². The van der Waals surface area contributed by atoms with Crippen LogP contribution in [-0.4, -0.2) is 60.0 Å². The predicted octanol–water partition coefficient (Wildman–Crippen LogP) is 0.754. The van der Waals surface area contributed by atoms with E-state index in [9.17, 15) is 18.0 Å². The van der Waals surface area contributed by atoms with Gasteiger partial charge in [-0.2, -0.15) is 13.2 Å². The third-order valence-electron chi connectivity index (χ3n) is 3.39. The molecule has 2 heterocycles. The number of aromatic nitrogens is 2. The van der Waals surface area contributed by atoms with Crippen molar-refractivity contribution in [2.24, 2.45) is 0 Å². The molecule has 1 amide bonds. The fraction of sp³-hybridized carbons (Fsp3) is 0.615. The lowest BCUT2D eigenvalue weighted by atomic mass is 10.3. The molecule has 1 fully saturated rings. The van der Waals surface area contributed by atoms with E-state index in [1.165, 1.54) is 6.92 Å². The van der Waals surface area contributed by atoms with Gasteiger partial charge in [-0.3, -0.25) is 9.69 Å². The van der Waals surface area contributed by atoms with Crippen LogP contribution in [0.5, 0.6) is 0 Å². The van der Waals surface area contributed by atoms with Gasteiger partial charge in [-0.1, -0.05) is 0 Å². The largest absolute Gasteiger partial charge is 0.433 e. The standard InChI is InChI=1S/C13H18F3N5O/c1-10(22)17-4-5-20-6-8-21(9-7-20)12-18-3-2-11(19-12)13(14,15)16/h2-3H,4-9H2,1H3,(H,17,22). The molecule has 0 saturated carbocycles. The molecule has 0 spiro atoms. The zero-order valence-corrected chi connectivity index (χ0v) is 12.2. The Hall–Kier alpha value is -1.90. The van der Waals surface area contributed by atoms with Crippen molar-refractivity contribution in [2.45, 2.75) is 13.1 Å². The first-order chi connectivity index (χ1) is 10.4. The zero-order valence-electron chi connectivity index (χ0n) is 12.2. The monoisotopic (exact) mass is 317 g/mol. The lowest BCUT2D eigenvalue weighted by Crippen LogP contribution is -2.49. The molecular formula is C13H18F3N5O. The van der Waals surface area contributed by atoms with E-state index in [0.29, 0.717) is 32.7 Å². The SMILES string of the molecule is CC(=O)NCCN1CCN(c2nccc(C(F)(F)F)n2)CC1. The summed E-state index contributed by atoms with van der Waals surface area (Å²) in [5, 5.41) is 2.72. The summed E-state index contributed by atoms with van der Waals surface area (Å²) in [7, 11) is 0. The third-order valence-corrected chi connectivity index (χ3v) is 3.39. The molecule has 2 rings (SSSR count). The van der Waals surface area contributed by atoms with Crippen LogP contribution in [-0.2, 0) is 11.0 Å². The summed E-state index contributed by atoms with van der Waals surface area (Å²) in [4.78, 5) is 22.2. The van der Waals surface area contributed by atoms with Crippen LogP contribution in [0.3, 0.4) is 0 Å². The molecule has 0 aromatic carbocycles. The van der Waals surface area contributed by atoms with Crippen molar-refractivity contribution < 1.29 is 18.0 Å². The Kier molecular flexibility index (Phi) is 5.17. The minimum absolute atomic E-state index is 0.0731. The number of carbonyl (C=O) groups excluding carboxylic acids is 1. The molecule has 6 nitrogen and oxygen atoms in total. The van der Waals surface area contributed by atoms with Crippen molar-refractivity contribution >= 4 is 11.9 Å². The lowest BCUT2D eigenvalue weighted by molar-refractivity contribution is -0.141. The first kappa shape index (κ1) is 16.5. The second-order valence-electron chi connectivity index (χ2n) is 5.05. The summed E-state index contributed by atoms with van der Waals surface area (Å²) in [6.07, 6.45) is -3.33. The summed E-state index contributed by atoms with van der Waals surface area (Å²) in [6, 6.07) is 0.868. The van der Waals surface area contributed by atoms with Gasteiger partial charge in [0.25, 0.3) is 0 Å². The van der Waals surface area contributed by atoms with Crippen LogP contribution in [0.4, 0.5) is 19.1 Å². The highest BCUT2D eigenvalue weighted by Gasteiger charge is 2.33. The molecule has 1 N–H and O–H groups in total. The molecule has 1 aromatic heterocycles. The Morgan fingerprint density at radius 3 is 2.59 bits per heavy atom. The van der Waals surface area contributed by atoms with Crippen LogP contribution in [0.25, 0.3) is 0 Å². The average molecular weight is 317 g/mol. The molecule has 0 atom stereocenters. The normalized spacial score (nSPS) is 16.6. The lowest BCUT2D eigenvalue weighted by Gasteiger charge is -2.34. The maximum Gasteiger partial charge on any atom is 0.433 e. The van der Waals surface area contributed by atoms with Gasteiger partial charge in [-0.25, -0.2) is 9.97 Å². The minimum Gasteiger partial charge on any atom is -0.355 e. The summed E-state index contributed by atoms with van der Waals surface area (Å²) in [6.45, 7) is 5.25. The second kappa shape index (κ2) is 6.91. The molecule has 1 saturated heterocycles. The summed E-state index contributed by atoms with van der Waals surface area (Å²) in [5.74, 6) is 0.0346. The van der Waals surface area contributed by atoms with Gasteiger partial charge < -0.3 is 10.2 Å². The first-order valence-corrected chi connectivity index (χ1v) is 6.98. The van der Waals surface area contributed by atoms with Crippen molar-refractivity contribution in [1.29, 1.82) is 0 Å². The van der Waals surface area contributed by atoms with E-state index in [-0.39, 0.29) is 11.9 Å². The van der Waals surface area contributed by atoms with E-state index < -0.39 is 11.9 Å². The minimum atomic E-state index is -4.46. The number of halogens is 3. The van der Waals surface area contributed by atoms with Crippen LogP contribution >= 0.6 is 0 Å². The van der Waals surface area contributed by atoms with Crippen molar-refractivity contribution in [3.63, 3.8) is 0 Å². The van der Waals surface area contributed by atoms with Crippen LogP contribution in [0.1, 0.15) is 12.6 Å². The smallest absolute Gasteiger partial charge is 0.355 e. The van der Waals surface area contributed by atoms with Crippen LogP contribution < -0.4 is 10.2 Å². The topological polar surface area (TPSA) is 61.4 Å². The van der Waals surface area contributed by atoms with Crippen molar-refractivity contribution in [2.75, 3.05) is 44.2 Å². The number of alkyl halides is 3. The Morgan fingerprint density at radius 1 is 1.32 bits per heavy atom. The molecule has 0 unspecified atom stereocenters. The number of carbonyl (C=O) groups is 1. The van der Waals surface area contributed by atoms with Crippen LogP contribution in [0, 0.1) is 0 Å². The maximum absolute atomic E-state index is 12.7. The zero-order chi connectivity index (χ0) is 16.2. The van der Waals surface area contributed by atoms with Crippen LogP contribution in [0.15, 0.2) is 12.3 Å². The number of hydrogen-bond donors (Lipinski definition) is 1. The number of nitrogens with one attached hydrogen (secondary N) is 1. The number of anilines is 1. The van der Waals surface area contributed by atoms with Crippen LogP contribution in [0.2, 0.25) is 0 Å². The van der Waals surface area contributed by atoms with E-state index >= 15 is 0 Å². The van der Waals surface area contributed by atoms with Gasteiger partial charge >= 0.3 is 6.18 Å². The molecule has 122 valence electrons. The van der Waals surface area contributed by atoms with E-state index in [1.807, 2.05) is 0 Å². The quantitative estimate of drug-likeness (QED) is 0.888. The molecule has 0 bridgehead atoms. The molecule has 1 aromatic rings. The number of piperazine rings is 1. The van der Waals surface area contributed by atoms with Gasteiger partial charge in [0.2, 0.25) is 11.9 Å². The Morgan fingerprint density at radius 2 is 2.00 bits per heavy atom. The van der Waals surface area contributed by atoms with E-state index in [4.69, 9.17) is 0 Å². The number of nitrogens with zero attached hydrogens (tertiary/aromatic N) is 4. The molecule has 22 heavy (non-hydrogen) atoms. The Balaban J connectivity index is 1.88. The highest BCUT2D eigenvalue weighted by Crippen LogP contribution is 2.28. The summed E-state index contributed by atoms with van der Waals surface area (Å²) >= 11 is 0. The van der Waals surface area contributed by atoms with Gasteiger partial charge in [0, 0.05) is 52.4 Å². The third kappa shape index (κ3) is 4.55. The fourth-order valence-electron chi connectivity index (χ4n) is 2.22. The highest BCUT2D eigenvalue weighted by molar-refractivity contribution is 5.72. The molecular weight excluding hydrogens is 299 g/mol. The molecule has 0 aliphatic carbocycles. The molecule has 0 radical (unpaired) electrons. The number of hydrogen-bond acceptors (Lipinski definition) is 5. The van der Waals surface area contributed by atoms with Gasteiger partial charge in [-0.15, -0.1) is 0 Å². The summed E-state index contributed by atoms with van der Waals surface area (Å²) < 4.78 is 38.0. The number of rotatable bonds is 4.